The van der Waals surface area contributed by atoms with Crippen LogP contribution in [-0.4, -0.2) is 23.9 Å². The predicted octanol–water partition coefficient (Wildman–Crippen LogP) is 3.02. The fourth-order valence-electron chi connectivity index (χ4n) is 2.40. The highest BCUT2D eigenvalue weighted by Gasteiger charge is 2.11. The molecule has 0 bridgehead atoms. The maximum atomic E-state index is 11.5. The van der Waals surface area contributed by atoms with E-state index in [9.17, 15) is 4.79 Å². The van der Waals surface area contributed by atoms with Gasteiger partial charge in [-0.3, -0.25) is 9.69 Å². The summed E-state index contributed by atoms with van der Waals surface area (Å²) in [4.78, 5) is 14.0. The van der Waals surface area contributed by atoms with Crippen molar-refractivity contribution in [1.82, 2.24) is 4.90 Å². The normalized spacial score (nSPS) is 15.8. The molecule has 0 unspecified atom stereocenters. The van der Waals surface area contributed by atoms with E-state index < -0.39 is 0 Å². The van der Waals surface area contributed by atoms with Gasteiger partial charge in [0.15, 0.2) is 0 Å². The molecule has 18 heavy (non-hydrogen) atoms. The topological polar surface area (TPSA) is 32.3 Å². The number of carbonyl (C=O) groups excluding carboxylic acids is 1. The van der Waals surface area contributed by atoms with Crippen molar-refractivity contribution in [1.29, 1.82) is 0 Å². The SMILES string of the molecule is CCCC(=O)Nc1cccc(CN2CCCC2)c1. The number of hydrogen-bond donors (Lipinski definition) is 1. The van der Waals surface area contributed by atoms with E-state index >= 15 is 0 Å². The Balaban J connectivity index is 1.93. The molecule has 98 valence electrons. The van der Waals surface area contributed by atoms with Gasteiger partial charge in [-0.05, 0) is 50.0 Å². The Labute approximate surface area is 109 Å². The van der Waals surface area contributed by atoms with Crippen molar-refractivity contribution < 1.29 is 4.79 Å². The third-order valence-corrected chi connectivity index (χ3v) is 3.29. The zero-order valence-corrected chi connectivity index (χ0v) is 11.1. The molecule has 1 aliphatic rings. The number of benzene rings is 1. The number of nitrogens with zero attached hydrogens (tertiary/aromatic N) is 1. The molecule has 1 aromatic carbocycles. The maximum absolute atomic E-state index is 11.5. The first kappa shape index (κ1) is 13.1. The van der Waals surface area contributed by atoms with Crippen molar-refractivity contribution in [3.63, 3.8) is 0 Å². The molecule has 3 nitrogen and oxygen atoms in total. The van der Waals surface area contributed by atoms with Gasteiger partial charge in [-0.25, -0.2) is 0 Å². The van der Waals surface area contributed by atoms with Crippen LogP contribution in [0.15, 0.2) is 24.3 Å². The lowest BCUT2D eigenvalue weighted by atomic mass is 10.2. The van der Waals surface area contributed by atoms with E-state index in [1.54, 1.807) is 0 Å². The van der Waals surface area contributed by atoms with E-state index in [2.05, 4.69) is 22.3 Å². The summed E-state index contributed by atoms with van der Waals surface area (Å²) in [6.45, 7) is 5.42. The number of anilines is 1. The molecular weight excluding hydrogens is 224 g/mol. The van der Waals surface area contributed by atoms with Crippen LogP contribution in [0.5, 0.6) is 0 Å². The Hall–Kier alpha value is -1.35. The van der Waals surface area contributed by atoms with Crippen LogP contribution in [0.1, 0.15) is 38.2 Å². The molecule has 1 fully saturated rings. The summed E-state index contributed by atoms with van der Waals surface area (Å²) >= 11 is 0. The van der Waals surface area contributed by atoms with Gasteiger partial charge in [0.25, 0.3) is 0 Å². The van der Waals surface area contributed by atoms with Crippen LogP contribution in [0.25, 0.3) is 0 Å². The lowest BCUT2D eigenvalue weighted by Gasteiger charge is -2.15. The smallest absolute Gasteiger partial charge is 0.224 e. The quantitative estimate of drug-likeness (QED) is 0.866. The van der Waals surface area contributed by atoms with Crippen LogP contribution in [0.4, 0.5) is 5.69 Å². The van der Waals surface area contributed by atoms with E-state index in [1.165, 1.54) is 31.5 Å². The first-order chi connectivity index (χ1) is 8.78. The molecule has 0 atom stereocenters. The second kappa shape index (κ2) is 6.55. The molecule has 0 spiro atoms. The van der Waals surface area contributed by atoms with Crippen molar-refractivity contribution in [3.05, 3.63) is 29.8 Å². The lowest BCUT2D eigenvalue weighted by molar-refractivity contribution is -0.116. The predicted molar refractivity (Wildman–Crippen MR) is 74.5 cm³/mol. The fourth-order valence-corrected chi connectivity index (χ4v) is 2.40. The standard InChI is InChI=1S/C15H22N2O/c1-2-6-15(18)16-14-8-5-7-13(11-14)12-17-9-3-4-10-17/h5,7-8,11H,2-4,6,9-10,12H2,1H3,(H,16,18). The van der Waals surface area contributed by atoms with Crippen molar-refractivity contribution in [3.8, 4) is 0 Å². The highest BCUT2D eigenvalue weighted by atomic mass is 16.1. The minimum Gasteiger partial charge on any atom is -0.326 e. The van der Waals surface area contributed by atoms with Crippen molar-refractivity contribution in [2.45, 2.75) is 39.2 Å². The summed E-state index contributed by atoms with van der Waals surface area (Å²) in [7, 11) is 0. The zero-order chi connectivity index (χ0) is 12.8. The Bertz CT molecular complexity index is 397. The van der Waals surface area contributed by atoms with Crippen LogP contribution < -0.4 is 5.32 Å². The van der Waals surface area contributed by atoms with Gasteiger partial charge < -0.3 is 5.32 Å². The summed E-state index contributed by atoms with van der Waals surface area (Å²) in [5.41, 5.74) is 2.20. The monoisotopic (exact) mass is 246 g/mol. The van der Waals surface area contributed by atoms with E-state index in [4.69, 9.17) is 0 Å². The van der Waals surface area contributed by atoms with Crippen LogP contribution in [0, 0.1) is 0 Å². The summed E-state index contributed by atoms with van der Waals surface area (Å²) in [6, 6.07) is 8.20. The second-order valence-corrected chi connectivity index (χ2v) is 4.98. The Morgan fingerprint density at radius 2 is 2.11 bits per heavy atom. The molecule has 0 aliphatic carbocycles. The van der Waals surface area contributed by atoms with Gasteiger partial charge in [-0.15, -0.1) is 0 Å². The van der Waals surface area contributed by atoms with Gasteiger partial charge in [0.2, 0.25) is 5.91 Å². The molecule has 1 heterocycles. The Kier molecular flexibility index (Phi) is 4.76. The van der Waals surface area contributed by atoms with Gasteiger partial charge in [0.05, 0.1) is 0 Å². The van der Waals surface area contributed by atoms with Gasteiger partial charge in [0, 0.05) is 18.7 Å². The van der Waals surface area contributed by atoms with E-state index in [0.717, 1.165) is 18.7 Å². The minimum absolute atomic E-state index is 0.107. The summed E-state index contributed by atoms with van der Waals surface area (Å²) in [5, 5.41) is 2.95. The molecule has 0 aromatic heterocycles. The number of rotatable bonds is 5. The van der Waals surface area contributed by atoms with Crippen LogP contribution in [0.2, 0.25) is 0 Å². The van der Waals surface area contributed by atoms with E-state index in [0.29, 0.717) is 6.42 Å². The number of hydrogen-bond acceptors (Lipinski definition) is 2. The van der Waals surface area contributed by atoms with Gasteiger partial charge >= 0.3 is 0 Å². The molecule has 1 saturated heterocycles. The summed E-state index contributed by atoms with van der Waals surface area (Å²) in [6.07, 6.45) is 4.11. The molecule has 2 rings (SSSR count). The Morgan fingerprint density at radius 1 is 1.33 bits per heavy atom. The van der Waals surface area contributed by atoms with Gasteiger partial charge in [-0.1, -0.05) is 19.1 Å². The van der Waals surface area contributed by atoms with E-state index in [1.807, 2.05) is 19.1 Å². The van der Waals surface area contributed by atoms with Crippen LogP contribution in [-0.2, 0) is 11.3 Å². The summed E-state index contributed by atoms with van der Waals surface area (Å²) in [5.74, 6) is 0.107. The molecule has 3 heteroatoms. The third kappa shape index (κ3) is 3.84. The highest BCUT2D eigenvalue weighted by Crippen LogP contribution is 2.16. The van der Waals surface area contributed by atoms with Crippen molar-refractivity contribution in [2.75, 3.05) is 18.4 Å². The largest absolute Gasteiger partial charge is 0.326 e. The summed E-state index contributed by atoms with van der Waals surface area (Å²) < 4.78 is 0. The number of amides is 1. The Morgan fingerprint density at radius 3 is 2.83 bits per heavy atom. The first-order valence-corrected chi connectivity index (χ1v) is 6.89. The van der Waals surface area contributed by atoms with Gasteiger partial charge in [-0.2, -0.15) is 0 Å². The maximum Gasteiger partial charge on any atom is 0.224 e. The lowest BCUT2D eigenvalue weighted by Crippen LogP contribution is -2.18. The first-order valence-electron chi connectivity index (χ1n) is 6.89. The third-order valence-electron chi connectivity index (χ3n) is 3.29. The number of nitrogens with one attached hydrogen (secondary N) is 1. The van der Waals surface area contributed by atoms with Crippen LogP contribution >= 0.6 is 0 Å². The number of likely N-dealkylation sites (tertiary alicyclic amines) is 1. The molecule has 1 N–H and O–H groups in total. The second-order valence-electron chi connectivity index (χ2n) is 4.98. The average Bonchev–Trinajstić information content (AvgIpc) is 2.82. The molecule has 1 aromatic rings. The fraction of sp³-hybridized carbons (Fsp3) is 0.533. The molecule has 0 saturated carbocycles. The molecule has 1 aliphatic heterocycles. The minimum atomic E-state index is 0.107. The molecule has 0 radical (unpaired) electrons. The van der Waals surface area contributed by atoms with Crippen LogP contribution in [0.3, 0.4) is 0 Å². The number of carbonyl (C=O) groups is 1. The van der Waals surface area contributed by atoms with Gasteiger partial charge in [0.1, 0.15) is 0 Å². The molecule has 1 amide bonds. The highest BCUT2D eigenvalue weighted by molar-refractivity contribution is 5.90. The molecular formula is C15H22N2O. The van der Waals surface area contributed by atoms with E-state index in [-0.39, 0.29) is 5.91 Å². The van der Waals surface area contributed by atoms with Crippen molar-refractivity contribution in [2.24, 2.45) is 0 Å². The van der Waals surface area contributed by atoms with Crippen molar-refractivity contribution >= 4 is 11.6 Å². The average molecular weight is 246 g/mol. The zero-order valence-electron chi connectivity index (χ0n) is 11.1.